The molecule has 2 bridgehead atoms. The zero-order chi connectivity index (χ0) is 11.7. The molecule has 0 radical (unpaired) electrons. The number of hydrogen-bond acceptors (Lipinski definition) is 2. The fourth-order valence-corrected chi connectivity index (χ4v) is 4.51. The van der Waals surface area contributed by atoms with Crippen LogP contribution in [0.15, 0.2) is 0 Å². The minimum atomic E-state index is 0.813. The van der Waals surface area contributed by atoms with E-state index in [1.165, 1.54) is 58.0 Å². The maximum atomic E-state index is 3.73. The first kappa shape index (κ1) is 12.0. The summed E-state index contributed by atoms with van der Waals surface area (Å²) in [6, 6.07) is 1.78. The fraction of sp³-hybridized carbons (Fsp3) is 1.00. The predicted molar refractivity (Wildman–Crippen MR) is 72.1 cm³/mol. The largest absolute Gasteiger partial charge is 0.314 e. The first-order chi connectivity index (χ1) is 8.36. The van der Waals surface area contributed by atoms with Crippen LogP contribution in [0.3, 0.4) is 0 Å². The maximum absolute atomic E-state index is 3.73. The predicted octanol–water partition coefficient (Wildman–Crippen LogP) is 2.64. The van der Waals surface area contributed by atoms with E-state index in [0.717, 1.165) is 30.5 Å². The number of likely N-dealkylation sites (tertiary alicyclic amines) is 1. The van der Waals surface area contributed by atoms with Crippen molar-refractivity contribution in [2.24, 2.45) is 11.8 Å². The molecule has 0 amide bonds. The molecule has 2 saturated carbocycles. The van der Waals surface area contributed by atoms with Crippen molar-refractivity contribution < 1.29 is 0 Å². The summed E-state index contributed by atoms with van der Waals surface area (Å²) in [6.07, 6.45) is 10.3. The van der Waals surface area contributed by atoms with Crippen molar-refractivity contribution in [2.45, 2.75) is 64.0 Å². The van der Waals surface area contributed by atoms with Gasteiger partial charge in [0.2, 0.25) is 0 Å². The van der Waals surface area contributed by atoms with Crippen LogP contribution >= 0.6 is 0 Å². The van der Waals surface area contributed by atoms with Crippen molar-refractivity contribution in [2.75, 3.05) is 19.6 Å². The normalized spacial score (nSPS) is 42.2. The summed E-state index contributed by atoms with van der Waals surface area (Å²) in [6.45, 7) is 6.20. The molecule has 4 unspecified atom stereocenters. The van der Waals surface area contributed by atoms with E-state index in [4.69, 9.17) is 0 Å². The summed E-state index contributed by atoms with van der Waals surface area (Å²) >= 11 is 0. The molecule has 1 aliphatic heterocycles. The molecule has 1 heterocycles. The van der Waals surface area contributed by atoms with Crippen LogP contribution in [0.4, 0.5) is 0 Å². The van der Waals surface area contributed by atoms with Crippen LogP contribution in [0.5, 0.6) is 0 Å². The minimum absolute atomic E-state index is 0.813. The van der Waals surface area contributed by atoms with Crippen LogP contribution in [-0.2, 0) is 0 Å². The van der Waals surface area contributed by atoms with E-state index in [1.54, 1.807) is 0 Å². The van der Waals surface area contributed by atoms with Crippen LogP contribution in [0.1, 0.15) is 51.9 Å². The number of piperidine rings is 1. The molecule has 2 nitrogen and oxygen atoms in total. The standard InChI is InChI=1S/C15H28N2/c1-2-16-15-6-4-3-5-13(15)11-17-10-12-7-8-14(17)9-12/h12-16H,2-11H2,1H3. The summed E-state index contributed by atoms with van der Waals surface area (Å²) in [5.74, 6) is 1.99. The van der Waals surface area contributed by atoms with Gasteiger partial charge in [0.05, 0.1) is 0 Å². The van der Waals surface area contributed by atoms with Gasteiger partial charge in [-0.1, -0.05) is 19.8 Å². The van der Waals surface area contributed by atoms with Crippen LogP contribution in [0.25, 0.3) is 0 Å². The second-order valence-electron chi connectivity index (χ2n) is 6.50. The van der Waals surface area contributed by atoms with Gasteiger partial charge in [-0.15, -0.1) is 0 Å². The van der Waals surface area contributed by atoms with Crippen LogP contribution < -0.4 is 5.32 Å². The number of nitrogens with zero attached hydrogens (tertiary/aromatic N) is 1. The minimum Gasteiger partial charge on any atom is -0.314 e. The molecular weight excluding hydrogens is 208 g/mol. The average molecular weight is 236 g/mol. The Hall–Kier alpha value is -0.0800. The quantitative estimate of drug-likeness (QED) is 0.807. The van der Waals surface area contributed by atoms with E-state index in [2.05, 4.69) is 17.1 Å². The third-order valence-corrected chi connectivity index (χ3v) is 5.37. The van der Waals surface area contributed by atoms with Crippen molar-refractivity contribution in [3.8, 4) is 0 Å². The van der Waals surface area contributed by atoms with Crippen molar-refractivity contribution in [3.05, 3.63) is 0 Å². The van der Waals surface area contributed by atoms with Crippen LogP contribution in [0, 0.1) is 11.8 Å². The monoisotopic (exact) mass is 236 g/mol. The van der Waals surface area contributed by atoms with Gasteiger partial charge in [-0.05, 0) is 50.5 Å². The maximum Gasteiger partial charge on any atom is 0.0107 e. The average Bonchev–Trinajstić information content (AvgIpc) is 2.94. The Bertz CT molecular complexity index is 251. The molecule has 0 aromatic heterocycles. The van der Waals surface area contributed by atoms with E-state index in [0.29, 0.717) is 0 Å². The lowest BCUT2D eigenvalue weighted by Gasteiger charge is -2.37. The fourth-order valence-electron chi connectivity index (χ4n) is 4.51. The Kier molecular flexibility index (Phi) is 3.72. The molecule has 0 aromatic rings. The second-order valence-corrected chi connectivity index (χ2v) is 6.50. The van der Waals surface area contributed by atoms with Gasteiger partial charge < -0.3 is 5.32 Å². The highest BCUT2D eigenvalue weighted by molar-refractivity contribution is 4.94. The highest BCUT2D eigenvalue weighted by Gasteiger charge is 2.39. The highest BCUT2D eigenvalue weighted by atomic mass is 15.2. The topological polar surface area (TPSA) is 15.3 Å². The van der Waals surface area contributed by atoms with E-state index in [9.17, 15) is 0 Å². The van der Waals surface area contributed by atoms with Gasteiger partial charge in [-0.25, -0.2) is 0 Å². The van der Waals surface area contributed by atoms with E-state index < -0.39 is 0 Å². The van der Waals surface area contributed by atoms with Crippen molar-refractivity contribution in [1.29, 1.82) is 0 Å². The molecule has 3 rings (SSSR count). The van der Waals surface area contributed by atoms with Gasteiger partial charge in [-0.2, -0.15) is 0 Å². The Morgan fingerprint density at radius 3 is 2.71 bits per heavy atom. The first-order valence-corrected chi connectivity index (χ1v) is 7.84. The van der Waals surface area contributed by atoms with Gasteiger partial charge >= 0.3 is 0 Å². The van der Waals surface area contributed by atoms with E-state index in [-0.39, 0.29) is 0 Å². The summed E-state index contributed by atoms with van der Waals surface area (Å²) in [5.41, 5.74) is 0. The van der Waals surface area contributed by atoms with E-state index in [1.807, 2.05) is 0 Å². The lowest BCUT2D eigenvalue weighted by molar-refractivity contribution is 0.140. The lowest BCUT2D eigenvalue weighted by Crippen LogP contribution is -2.46. The molecule has 98 valence electrons. The molecular formula is C15H28N2. The second kappa shape index (κ2) is 5.27. The number of rotatable bonds is 4. The summed E-state index contributed by atoms with van der Waals surface area (Å²) in [5, 5.41) is 3.73. The molecule has 4 atom stereocenters. The summed E-state index contributed by atoms with van der Waals surface area (Å²) in [7, 11) is 0. The molecule has 2 heteroatoms. The summed E-state index contributed by atoms with van der Waals surface area (Å²) < 4.78 is 0. The Balaban J connectivity index is 1.55. The number of nitrogens with one attached hydrogen (secondary N) is 1. The van der Waals surface area contributed by atoms with Crippen molar-refractivity contribution >= 4 is 0 Å². The van der Waals surface area contributed by atoms with Crippen LogP contribution in [0.2, 0.25) is 0 Å². The van der Waals surface area contributed by atoms with Gasteiger partial charge in [0.15, 0.2) is 0 Å². The van der Waals surface area contributed by atoms with Gasteiger partial charge in [0, 0.05) is 25.2 Å². The van der Waals surface area contributed by atoms with Gasteiger partial charge in [0.1, 0.15) is 0 Å². The third-order valence-electron chi connectivity index (χ3n) is 5.37. The number of hydrogen-bond donors (Lipinski definition) is 1. The lowest BCUT2D eigenvalue weighted by atomic mass is 9.83. The molecule has 3 fully saturated rings. The molecule has 0 spiro atoms. The zero-order valence-electron chi connectivity index (χ0n) is 11.3. The highest BCUT2D eigenvalue weighted by Crippen LogP contribution is 2.38. The molecule has 2 aliphatic carbocycles. The number of fused-ring (bicyclic) bond motifs is 2. The Morgan fingerprint density at radius 1 is 1.12 bits per heavy atom. The van der Waals surface area contributed by atoms with Crippen molar-refractivity contribution in [1.82, 2.24) is 10.2 Å². The van der Waals surface area contributed by atoms with Crippen molar-refractivity contribution in [3.63, 3.8) is 0 Å². The summed E-state index contributed by atoms with van der Waals surface area (Å²) in [4.78, 5) is 2.83. The SMILES string of the molecule is CCNC1CCCCC1CN1CC2CCC1C2. The molecule has 17 heavy (non-hydrogen) atoms. The third kappa shape index (κ3) is 2.53. The molecule has 0 aromatic carbocycles. The van der Waals surface area contributed by atoms with E-state index >= 15 is 0 Å². The Labute approximate surface area is 106 Å². The van der Waals surface area contributed by atoms with Gasteiger partial charge in [0.25, 0.3) is 0 Å². The zero-order valence-corrected chi connectivity index (χ0v) is 11.3. The van der Waals surface area contributed by atoms with Gasteiger partial charge in [-0.3, -0.25) is 4.90 Å². The molecule has 1 N–H and O–H groups in total. The smallest absolute Gasteiger partial charge is 0.0107 e. The van der Waals surface area contributed by atoms with Crippen LogP contribution in [-0.4, -0.2) is 36.6 Å². The molecule has 1 saturated heterocycles. The first-order valence-electron chi connectivity index (χ1n) is 7.84. The molecule has 3 aliphatic rings. The Morgan fingerprint density at radius 2 is 2.00 bits per heavy atom.